The van der Waals surface area contributed by atoms with Gasteiger partial charge in [-0.3, -0.25) is 4.79 Å². The minimum Gasteiger partial charge on any atom is -0.493 e. The Morgan fingerprint density at radius 1 is 1.00 bits per heavy atom. The van der Waals surface area contributed by atoms with E-state index in [1.807, 2.05) is 20.2 Å². The second-order valence-electron chi connectivity index (χ2n) is 10.5. The smallest absolute Gasteiger partial charge is 0.304 e. The molecule has 6 nitrogen and oxygen atoms in total. The van der Waals surface area contributed by atoms with Crippen molar-refractivity contribution in [1.82, 2.24) is 4.90 Å². The molecule has 0 aliphatic carbocycles. The van der Waals surface area contributed by atoms with Crippen molar-refractivity contribution in [2.75, 3.05) is 40.5 Å². The molecule has 0 saturated heterocycles. The fraction of sp³-hybridized carbons (Fsp3) is 0.387. The summed E-state index contributed by atoms with van der Waals surface area (Å²) >= 11 is 0. The Bertz CT molecular complexity index is 1290. The van der Waals surface area contributed by atoms with Crippen molar-refractivity contribution in [2.24, 2.45) is 0 Å². The molecule has 0 aromatic heterocycles. The van der Waals surface area contributed by atoms with E-state index in [0.29, 0.717) is 19.8 Å². The molecule has 0 fully saturated rings. The standard InChI is InChI=1S/C31H35NO5/c1-19-12-24(35-11-10-32(3)4)13-20(2)30(19)27-7-5-6-26-22(18-37-31(26)27)14-21-8-9-25-23(16-29(33)34)17-36-28(25)15-21/h5-9,12-13,15,22-23H,10-11,14,16-18H2,1-4H3,(H,33,34)/t22-,23-/m1/s1. The van der Waals surface area contributed by atoms with Crippen LogP contribution in [0.25, 0.3) is 11.1 Å². The van der Waals surface area contributed by atoms with Crippen molar-refractivity contribution in [3.05, 3.63) is 76.3 Å². The summed E-state index contributed by atoms with van der Waals surface area (Å²) in [5.74, 6) is 2.07. The van der Waals surface area contributed by atoms with E-state index in [4.69, 9.17) is 19.3 Å². The van der Waals surface area contributed by atoms with Gasteiger partial charge >= 0.3 is 5.97 Å². The monoisotopic (exact) mass is 501 g/mol. The Balaban J connectivity index is 1.36. The first-order valence-corrected chi connectivity index (χ1v) is 12.9. The van der Waals surface area contributed by atoms with Crippen molar-refractivity contribution < 1.29 is 24.1 Å². The van der Waals surface area contributed by atoms with Crippen LogP contribution in [0.2, 0.25) is 0 Å². The number of carboxylic acids is 1. The number of aliphatic carboxylic acids is 1. The Kier molecular flexibility index (Phi) is 7.11. The Labute approximate surface area is 218 Å². The van der Waals surface area contributed by atoms with Gasteiger partial charge in [0, 0.05) is 35.1 Å². The van der Waals surface area contributed by atoms with Crippen molar-refractivity contribution in [2.45, 2.75) is 38.5 Å². The molecular weight excluding hydrogens is 466 g/mol. The second kappa shape index (κ2) is 10.5. The maximum atomic E-state index is 11.2. The number of carboxylic acid groups (broad SMARTS) is 1. The van der Waals surface area contributed by atoms with E-state index in [2.05, 4.69) is 61.2 Å². The maximum absolute atomic E-state index is 11.2. The van der Waals surface area contributed by atoms with E-state index in [-0.39, 0.29) is 18.3 Å². The van der Waals surface area contributed by atoms with E-state index >= 15 is 0 Å². The van der Waals surface area contributed by atoms with Crippen LogP contribution in [0.3, 0.4) is 0 Å². The highest BCUT2D eigenvalue weighted by atomic mass is 16.5. The van der Waals surface area contributed by atoms with Crippen LogP contribution in [-0.4, -0.2) is 56.4 Å². The predicted molar refractivity (Wildman–Crippen MR) is 144 cm³/mol. The largest absolute Gasteiger partial charge is 0.493 e. The average Bonchev–Trinajstić information content (AvgIpc) is 3.42. The molecule has 0 spiro atoms. The number of rotatable bonds is 9. The zero-order valence-corrected chi connectivity index (χ0v) is 22.0. The van der Waals surface area contributed by atoms with Crippen molar-refractivity contribution in [1.29, 1.82) is 0 Å². The summed E-state index contributed by atoms with van der Waals surface area (Å²) < 4.78 is 18.1. The van der Waals surface area contributed by atoms with Gasteiger partial charge in [-0.05, 0) is 74.8 Å². The zero-order valence-electron chi connectivity index (χ0n) is 22.0. The first-order chi connectivity index (χ1) is 17.8. The number of hydrogen-bond donors (Lipinski definition) is 1. The lowest BCUT2D eigenvalue weighted by molar-refractivity contribution is -0.137. The van der Waals surface area contributed by atoms with E-state index in [1.54, 1.807) is 0 Å². The summed E-state index contributed by atoms with van der Waals surface area (Å²) in [5, 5.41) is 9.16. The topological polar surface area (TPSA) is 68.2 Å². The van der Waals surface area contributed by atoms with Crippen LogP contribution in [0.15, 0.2) is 48.5 Å². The van der Waals surface area contributed by atoms with E-state index in [1.165, 1.54) is 27.8 Å². The highest BCUT2D eigenvalue weighted by molar-refractivity contribution is 5.79. The van der Waals surface area contributed by atoms with Crippen LogP contribution < -0.4 is 14.2 Å². The second-order valence-corrected chi connectivity index (χ2v) is 10.5. The summed E-state index contributed by atoms with van der Waals surface area (Å²) in [6.45, 7) is 6.87. The molecule has 0 bridgehead atoms. The number of fused-ring (bicyclic) bond motifs is 2. The van der Waals surface area contributed by atoms with Crippen molar-refractivity contribution in [3.63, 3.8) is 0 Å². The maximum Gasteiger partial charge on any atom is 0.304 e. The van der Waals surface area contributed by atoms with E-state index in [9.17, 15) is 4.79 Å². The molecule has 194 valence electrons. The molecule has 0 saturated carbocycles. The quantitative estimate of drug-likeness (QED) is 0.413. The first kappa shape index (κ1) is 25.2. The average molecular weight is 502 g/mol. The number of likely N-dealkylation sites (N-methyl/N-ethyl adjacent to an activating group) is 1. The van der Waals surface area contributed by atoms with Crippen LogP contribution in [0.4, 0.5) is 0 Å². The molecule has 0 radical (unpaired) electrons. The molecule has 37 heavy (non-hydrogen) atoms. The van der Waals surface area contributed by atoms with Gasteiger partial charge in [-0.15, -0.1) is 0 Å². The lowest BCUT2D eigenvalue weighted by Gasteiger charge is -2.17. The van der Waals surface area contributed by atoms with Gasteiger partial charge < -0.3 is 24.2 Å². The Hall–Kier alpha value is -3.51. The molecule has 2 aliphatic rings. The van der Waals surface area contributed by atoms with E-state index in [0.717, 1.165) is 41.3 Å². The number of benzene rings is 3. The Morgan fingerprint density at radius 2 is 1.76 bits per heavy atom. The molecular formula is C31H35NO5. The molecule has 3 aromatic rings. The van der Waals surface area contributed by atoms with Gasteiger partial charge in [0.05, 0.1) is 19.6 Å². The molecule has 6 heteroatoms. The fourth-order valence-electron chi connectivity index (χ4n) is 5.57. The normalized spacial score (nSPS) is 17.8. The van der Waals surface area contributed by atoms with Gasteiger partial charge in [0.25, 0.3) is 0 Å². The summed E-state index contributed by atoms with van der Waals surface area (Å²) in [4.78, 5) is 13.3. The lowest BCUT2D eigenvalue weighted by atomic mass is 9.88. The van der Waals surface area contributed by atoms with Crippen molar-refractivity contribution >= 4 is 5.97 Å². The number of carbonyl (C=O) groups is 1. The SMILES string of the molecule is Cc1cc(OCCN(C)C)cc(C)c1-c1cccc2c1OC[C@H]2Cc1ccc2c(c1)OC[C@H]2CC(=O)O. The van der Waals surface area contributed by atoms with Crippen LogP contribution in [0.1, 0.15) is 46.1 Å². The fourth-order valence-corrected chi connectivity index (χ4v) is 5.57. The summed E-state index contributed by atoms with van der Waals surface area (Å²) in [7, 11) is 4.09. The van der Waals surface area contributed by atoms with E-state index < -0.39 is 5.97 Å². The minimum atomic E-state index is -0.794. The van der Waals surface area contributed by atoms with Gasteiger partial charge in [0.2, 0.25) is 0 Å². The molecule has 0 amide bonds. The van der Waals surface area contributed by atoms with Crippen LogP contribution >= 0.6 is 0 Å². The molecule has 3 aromatic carbocycles. The number of hydrogen-bond acceptors (Lipinski definition) is 5. The first-order valence-electron chi connectivity index (χ1n) is 12.9. The summed E-state index contributed by atoms with van der Waals surface area (Å²) in [6, 6.07) is 16.9. The molecule has 1 N–H and O–H groups in total. The van der Waals surface area contributed by atoms with Crippen LogP contribution in [-0.2, 0) is 11.2 Å². The summed E-state index contributed by atoms with van der Waals surface area (Å²) in [5.41, 5.74) is 8.08. The third-order valence-electron chi connectivity index (χ3n) is 7.36. The number of para-hydroxylation sites is 1. The molecule has 5 rings (SSSR count). The van der Waals surface area contributed by atoms with Crippen LogP contribution in [0.5, 0.6) is 17.2 Å². The third-order valence-corrected chi connectivity index (χ3v) is 7.36. The number of ether oxygens (including phenoxy) is 3. The molecule has 0 unspecified atom stereocenters. The van der Waals surface area contributed by atoms with Crippen LogP contribution in [0, 0.1) is 13.8 Å². The molecule has 2 aliphatic heterocycles. The lowest BCUT2D eigenvalue weighted by Crippen LogP contribution is -2.19. The zero-order chi connectivity index (χ0) is 26.1. The number of nitrogens with zero attached hydrogens (tertiary/aromatic N) is 1. The highest BCUT2D eigenvalue weighted by Crippen LogP contribution is 2.46. The summed E-state index contributed by atoms with van der Waals surface area (Å²) in [6.07, 6.45) is 0.939. The number of aryl methyl sites for hydroxylation is 2. The Morgan fingerprint density at radius 3 is 2.49 bits per heavy atom. The molecule has 2 heterocycles. The van der Waals surface area contributed by atoms with Gasteiger partial charge in [-0.2, -0.15) is 0 Å². The van der Waals surface area contributed by atoms with Gasteiger partial charge in [0.15, 0.2) is 0 Å². The third kappa shape index (κ3) is 5.30. The minimum absolute atomic E-state index is 0.0732. The predicted octanol–water partition coefficient (Wildman–Crippen LogP) is 5.58. The van der Waals surface area contributed by atoms with Gasteiger partial charge in [0.1, 0.15) is 23.9 Å². The molecule has 2 atom stereocenters. The van der Waals surface area contributed by atoms with Gasteiger partial charge in [-0.25, -0.2) is 0 Å². The highest BCUT2D eigenvalue weighted by Gasteiger charge is 2.30. The van der Waals surface area contributed by atoms with Crippen molar-refractivity contribution in [3.8, 4) is 28.4 Å². The van der Waals surface area contributed by atoms with Gasteiger partial charge in [-0.1, -0.05) is 30.3 Å².